The van der Waals surface area contributed by atoms with Crippen molar-refractivity contribution in [1.82, 2.24) is 10.6 Å². The summed E-state index contributed by atoms with van der Waals surface area (Å²) in [5.41, 5.74) is 1.12. The molecule has 2 N–H and O–H groups in total. The first kappa shape index (κ1) is 13.3. The second-order valence-corrected chi connectivity index (χ2v) is 3.00. The molecule has 78 valence electrons. The second kappa shape index (κ2) is 7.68. The first-order valence-electron chi connectivity index (χ1n) is 4.45. The number of hydrogen-bond acceptors (Lipinski definition) is 3. The molecule has 0 aromatic heterocycles. The average Bonchev–Trinajstić information content (AvgIpc) is 2.15. The minimum absolute atomic E-state index is 0. The highest BCUT2D eigenvalue weighted by Crippen LogP contribution is 1.94. The SMILES string of the molecule is C#CCCCNC1=NCC(=C)CN1.I. The van der Waals surface area contributed by atoms with Crippen molar-refractivity contribution in [2.75, 3.05) is 19.6 Å². The van der Waals surface area contributed by atoms with E-state index in [9.17, 15) is 0 Å². The van der Waals surface area contributed by atoms with Gasteiger partial charge in [0.2, 0.25) is 0 Å². The van der Waals surface area contributed by atoms with Gasteiger partial charge in [-0.2, -0.15) is 0 Å². The minimum atomic E-state index is 0. The van der Waals surface area contributed by atoms with Crippen molar-refractivity contribution in [3.8, 4) is 12.3 Å². The molecule has 1 aliphatic heterocycles. The Hall–Kier alpha value is -0.700. The highest BCUT2D eigenvalue weighted by molar-refractivity contribution is 14.0. The first-order valence-corrected chi connectivity index (χ1v) is 4.45. The number of terminal acetylenes is 1. The molecule has 0 saturated heterocycles. The van der Waals surface area contributed by atoms with Gasteiger partial charge in [-0.15, -0.1) is 36.3 Å². The summed E-state index contributed by atoms with van der Waals surface area (Å²) in [5, 5.41) is 6.31. The molecule has 0 aliphatic carbocycles. The maximum Gasteiger partial charge on any atom is 0.191 e. The van der Waals surface area contributed by atoms with Gasteiger partial charge in [0.05, 0.1) is 6.54 Å². The standard InChI is InChI=1S/C10H15N3.HI/c1-3-4-5-6-11-10-12-7-9(2)8-13-10;/h1H,2,4-8H2,(H2,11,12,13);1H. The highest BCUT2D eigenvalue weighted by Gasteiger charge is 2.04. The molecule has 0 radical (unpaired) electrons. The molecule has 0 bridgehead atoms. The van der Waals surface area contributed by atoms with Crippen molar-refractivity contribution >= 4 is 29.9 Å². The maximum atomic E-state index is 5.13. The van der Waals surface area contributed by atoms with E-state index in [0.29, 0.717) is 0 Å². The maximum absolute atomic E-state index is 5.13. The van der Waals surface area contributed by atoms with E-state index in [4.69, 9.17) is 6.42 Å². The van der Waals surface area contributed by atoms with Crippen molar-refractivity contribution in [1.29, 1.82) is 0 Å². The number of rotatable bonds is 3. The fourth-order valence-electron chi connectivity index (χ4n) is 1.03. The van der Waals surface area contributed by atoms with Crippen LogP contribution < -0.4 is 10.6 Å². The van der Waals surface area contributed by atoms with E-state index in [0.717, 1.165) is 44.0 Å². The number of nitrogens with one attached hydrogen (secondary N) is 2. The van der Waals surface area contributed by atoms with Gasteiger partial charge < -0.3 is 10.6 Å². The molecule has 0 spiro atoms. The summed E-state index contributed by atoms with van der Waals surface area (Å²) in [6.45, 7) is 6.26. The van der Waals surface area contributed by atoms with Gasteiger partial charge in [0.1, 0.15) is 0 Å². The van der Waals surface area contributed by atoms with Gasteiger partial charge in [-0.25, -0.2) is 4.99 Å². The molecular weight excluding hydrogens is 289 g/mol. The molecule has 0 unspecified atom stereocenters. The van der Waals surface area contributed by atoms with Crippen LogP contribution in [0, 0.1) is 12.3 Å². The van der Waals surface area contributed by atoms with Crippen molar-refractivity contribution in [3.05, 3.63) is 12.2 Å². The van der Waals surface area contributed by atoms with Gasteiger partial charge in [-0.3, -0.25) is 0 Å². The van der Waals surface area contributed by atoms with Crippen LogP contribution in [-0.4, -0.2) is 25.6 Å². The minimum Gasteiger partial charge on any atom is -0.356 e. The van der Waals surface area contributed by atoms with E-state index in [1.165, 1.54) is 0 Å². The number of hydrogen-bond donors (Lipinski definition) is 2. The molecule has 0 aromatic carbocycles. The normalized spacial score (nSPS) is 14.5. The Labute approximate surface area is 102 Å². The summed E-state index contributed by atoms with van der Waals surface area (Å²) < 4.78 is 0. The lowest BCUT2D eigenvalue weighted by Gasteiger charge is -2.17. The summed E-state index contributed by atoms with van der Waals surface area (Å²) in [4.78, 5) is 4.25. The van der Waals surface area contributed by atoms with Crippen LogP contribution >= 0.6 is 24.0 Å². The van der Waals surface area contributed by atoms with E-state index >= 15 is 0 Å². The lowest BCUT2D eigenvalue weighted by atomic mass is 10.3. The van der Waals surface area contributed by atoms with E-state index in [-0.39, 0.29) is 24.0 Å². The highest BCUT2D eigenvalue weighted by atomic mass is 127. The molecule has 1 aliphatic rings. The van der Waals surface area contributed by atoms with Crippen LogP contribution in [0.5, 0.6) is 0 Å². The van der Waals surface area contributed by atoms with E-state index in [2.05, 4.69) is 28.1 Å². The van der Waals surface area contributed by atoms with Crippen molar-refractivity contribution in [3.63, 3.8) is 0 Å². The zero-order chi connectivity index (χ0) is 9.52. The smallest absolute Gasteiger partial charge is 0.191 e. The van der Waals surface area contributed by atoms with Crippen LogP contribution in [-0.2, 0) is 0 Å². The zero-order valence-corrected chi connectivity index (χ0v) is 10.5. The van der Waals surface area contributed by atoms with Crippen molar-refractivity contribution in [2.24, 2.45) is 4.99 Å². The van der Waals surface area contributed by atoms with Crippen molar-refractivity contribution < 1.29 is 0 Å². The number of aliphatic imine (C=N–C) groups is 1. The van der Waals surface area contributed by atoms with Gasteiger partial charge in [-0.1, -0.05) is 6.58 Å². The van der Waals surface area contributed by atoms with Gasteiger partial charge in [0.25, 0.3) is 0 Å². The Balaban J connectivity index is 0.00000169. The van der Waals surface area contributed by atoms with Gasteiger partial charge in [0, 0.05) is 19.5 Å². The van der Waals surface area contributed by atoms with Crippen LogP contribution in [0.15, 0.2) is 17.1 Å². The van der Waals surface area contributed by atoms with Crippen LogP contribution in [0.2, 0.25) is 0 Å². The Kier molecular flexibility index (Phi) is 7.30. The van der Waals surface area contributed by atoms with Crippen LogP contribution in [0.4, 0.5) is 0 Å². The summed E-state index contributed by atoms with van der Waals surface area (Å²) in [6.07, 6.45) is 6.93. The molecule has 4 heteroatoms. The third-order valence-electron chi connectivity index (χ3n) is 1.76. The fraction of sp³-hybridized carbons (Fsp3) is 0.500. The summed E-state index contributed by atoms with van der Waals surface area (Å²) in [6, 6.07) is 0. The molecule has 3 nitrogen and oxygen atoms in total. The Morgan fingerprint density at radius 3 is 3.00 bits per heavy atom. The lowest BCUT2D eigenvalue weighted by Crippen LogP contribution is -2.41. The zero-order valence-electron chi connectivity index (χ0n) is 8.18. The topological polar surface area (TPSA) is 36.4 Å². The van der Waals surface area contributed by atoms with E-state index in [1.807, 2.05) is 0 Å². The largest absolute Gasteiger partial charge is 0.356 e. The quantitative estimate of drug-likeness (QED) is 0.355. The fourth-order valence-corrected chi connectivity index (χ4v) is 1.03. The van der Waals surface area contributed by atoms with E-state index in [1.54, 1.807) is 0 Å². The van der Waals surface area contributed by atoms with Crippen molar-refractivity contribution in [2.45, 2.75) is 12.8 Å². The third-order valence-corrected chi connectivity index (χ3v) is 1.76. The summed E-state index contributed by atoms with van der Waals surface area (Å²) in [5.74, 6) is 3.46. The second-order valence-electron chi connectivity index (χ2n) is 3.00. The average molecular weight is 305 g/mol. The third kappa shape index (κ3) is 5.12. The monoisotopic (exact) mass is 305 g/mol. The summed E-state index contributed by atoms with van der Waals surface area (Å²) >= 11 is 0. The molecule has 0 amide bonds. The van der Waals surface area contributed by atoms with E-state index < -0.39 is 0 Å². The molecule has 0 fully saturated rings. The molecule has 0 aromatic rings. The molecular formula is C10H16IN3. The van der Waals surface area contributed by atoms with Gasteiger partial charge >= 0.3 is 0 Å². The molecule has 0 atom stereocenters. The predicted octanol–water partition coefficient (Wildman–Crippen LogP) is 1.12. The molecule has 1 heterocycles. The van der Waals surface area contributed by atoms with Gasteiger partial charge in [0.15, 0.2) is 5.96 Å². The van der Waals surface area contributed by atoms with Gasteiger partial charge in [-0.05, 0) is 12.0 Å². The Morgan fingerprint density at radius 1 is 1.64 bits per heavy atom. The van der Waals surface area contributed by atoms with Crippen LogP contribution in [0.25, 0.3) is 0 Å². The Bertz CT molecular complexity index is 253. The number of halogens is 1. The molecule has 14 heavy (non-hydrogen) atoms. The first-order chi connectivity index (χ1) is 6.33. The number of unbranched alkanes of at least 4 members (excludes halogenated alkanes) is 1. The molecule has 0 saturated carbocycles. The number of nitrogens with zero attached hydrogens (tertiary/aromatic N) is 1. The lowest BCUT2D eigenvalue weighted by molar-refractivity contribution is 0.750. The number of guanidine groups is 1. The molecule has 1 rings (SSSR count). The summed E-state index contributed by atoms with van der Waals surface area (Å²) in [7, 11) is 0. The van der Waals surface area contributed by atoms with Crippen LogP contribution in [0.3, 0.4) is 0 Å². The Morgan fingerprint density at radius 2 is 2.43 bits per heavy atom. The predicted molar refractivity (Wildman–Crippen MR) is 70.9 cm³/mol. The van der Waals surface area contributed by atoms with Crippen LogP contribution in [0.1, 0.15) is 12.8 Å².